The Balaban J connectivity index is 2.31. The smallest absolute Gasteiger partial charge is 0.168 e. The lowest BCUT2D eigenvalue weighted by Crippen LogP contribution is -2.33. The van der Waals surface area contributed by atoms with E-state index >= 15 is 0 Å². The number of ketones is 1. The highest BCUT2D eigenvalue weighted by molar-refractivity contribution is 6.33. The Labute approximate surface area is 119 Å². The first-order chi connectivity index (χ1) is 8.62. The van der Waals surface area contributed by atoms with E-state index in [2.05, 4.69) is 0 Å². The molecule has 1 aliphatic heterocycles. The van der Waals surface area contributed by atoms with Gasteiger partial charge < -0.3 is 10.5 Å². The molecule has 0 saturated carbocycles. The van der Waals surface area contributed by atoms with Crippen LogP contribution in [-0.2, 0) is 4.74 Å². The maximum Gasteiger partial charge on any atom is 0.168 e. The summed E-state index contributed by atoms with van der Waals surface area (Å²) in [7, 11) is 0. The highest BCUT2D eigenvalue weighted by Crippen LogP contribution is 2.43. The highest BCUT2D eigenvalue weighted by atomic mass is 35.5. The van der Waals surface area contributed by atoms with E-state index < -0.39 is 5.60 Å². The maximum absolute atomic E-state index is 12.6. The van der Waals surface area contributed by atoms with Gasteiger partial charge in [-0.05, 0) is 52.3 Å². The molecule has 1 aromatic carbocycles. The number of anilines is 1. The lowest BCUT2D eigenvalue weighted by molar-refractivity contribution is -0.0712. The molecule has 3 nitrogen and oxygen atoms in total. The van der Waals surface area contributed by atoms with Crippen molar-refractivity contribution in [1.82, 2.24) is 0 Å². The van der Waals surface area contributed by atoms with E-state index in [-0.39, 0.29) is 17.3 Å². The number of halogens is 1. The van der Waals surface area contributed by atoms with Gasteiger partial charge in [-0.2, -0.15) is 0 Å². The maximum atomic E-state index is 12.6. The van der Waals surface area contributed by atoms with Crippen LogP contribution in [0.5, 0.6) is 0 Å². The predicted octanol–water partition coefficient (Wildman–Crippen LogP) is 3.70. The third-order valence-corrected chi connectivity index (χ3v) is 4.02. The van der Waals surface area contributed by atoms with Gasteiger partial charge in [0.05, 0.1) is 27.8 Å². The van der Waals surface area contributed by atoms with Crippen molar-refractivity contribution in [2.75, 3.05) is 5.73 Å². The lowest BCUT2D eigenvalue weighted by Gasteiger charge is -2.26. The number of benzene rings is 1. The first kappa shape index (κ1) is 14.4. The molecule has 1 heterocycles. The molecule has 2 N–H and O–H groups in total. The molecule has 19 heavy (non-hydrogen) atoms. The summed E-state index contributed by atoms with van der Waals surface area (Å²) < 4.78 is 5.97. The third-order valence-electron chi connectivity index (χ3n) is 3.67. The summed E-state index contributed by atoms with van der Waals surface area (Å²) >= 11 is 5.89. The molecular formula is C15H20ClNO2. The summed E-state index contributed by atoms with van der Waals surface area (Å²) in [6.45, 7) is 7.95. The first-order valence-electron chi connectivity index (χ1n) is 6.42. The molecule has 0 amide bonds. The van der Waals surface area contributed by atoms with Crippen LogP contribution in [0.25, 0.3) is 0 Å². The van der Waals surface area contributed by atoms with Gasteiger partial charge >= 0.3 is 0 Å². The van der Waals surface area contributed by atoms with E-state index in [1.807, 2.05) is 27.7 Å². The third kappa shape index (κ3) is 2.77. The predicted molar refractivity (Wildman–Crippen MR) is 77.5 cm³/mol. The van der Waals surface area contributed by atoms with Gasteiger partial charge in [0.1, 0.15) is 0 Å². The van der Waals surface area contributed by atoms with Crippen LogP contribution in [0.4, 0.5) is 5.69 Å². The number of Topliss-reactive ketones (excluding diaryl/α,β-unsaturated/α-hetero) is 1. The number of nitrogens with two attached hydrogens (primary N) is 1. The van der Waals surface area contributed by atoms with Gasteiger partial charge in [0.25, 0.3) is 0 Å². The molecule has 1 aliphatic rings. The minimum absolute atomic E-state index is 0.0685. The van der Waals surface area contributed by atoms with E-state index in [1.54, 1.807) is 18.2 Å². The SMILES string of the molecule is CC1(C)CC(C(=O)c2ccc(Cl)c(N)c2)C(C)(C)O1. The molecular weight excluding hydrogens is 262 g/mol. The molecule has 0 spiro atoms. The van der Waals surface area contributed by atoms with Crippen LogP contribution in [0, 0.1) is 5.92 Å². The number of nitrogen functional groups attached to an aromatic ring is 1. The van der Waals surface area contributed by atoms with Crippen molar-refractivity contribution in [3.63, 3.8) is 0 Å². The summed E-state index contributed by atoms with van der Waals surface area (Å²) in [5.74, 6) is -0.0954. The quantitative estimate of drug-likeness (QED) is 0.664. The fourth-order valence-corrected chi connectivity index (χ4v) is 2.99. The van der Waals surface area contributed by atoms with Crippen molar-refractivity contribution in [1.29, 1.82) is 0 Å². The van der Waals surface area contributed by atoms with Crippen LogP contribution in [0.15, 0.2) is 18.2 Å². The van der Waals surface area contributed by atoms with Crippen molar-refractivity contribution in [2.45, 2.75) is 45.3 Å². The van der Waals surface area contributed by atoms with Crippen LogP contribution in [0.2, 0.25) is 5.02 Å². The van der Waals surface area contributed by atoms with E-state index in [0.717, 1.165) is 0 Å². The minimum atomic E-state index is -0.463. The summed E-state index contributed by atoms with van der Waals surface area (Å²) in [4.78, 5) is 12.6. The number of hydrogen-bond acceptors (Lipinski definition) is 3. The molecule has 1 aromatic rings. The van der Waals surface area contributed by atoms with Gasteiger partial charge in [-0.1, -0.05) is 11.6 Å². The molecule has 0 aliphatic carbocycles. The molecule has 0 bridgehead atoms. The van der Waals surface area contributed by atoms with Gasteiger partial charge in [-0.25, -0.2) is 0 Å². The number of hydrogen-bond donors (Lipinski definition) is 1. The van der Waals surface area contributed by atoms with Crippen LogP contribution < -0.4 is 5.73 Å². The average molecular weight is 282 g/mol. The van der Waals surface area contributed by atoms with Gasteiger partial charge in [-0.3, -0.25) is 4.79 Å². The summed E-state index contributed by atoms with van der Waals surface area (Å²) in [5.41, 5.74) is 6.06. The van der Waals surface area contributed by atoms with Crippen LogP contribution in [-0.4, -0.2) is 17.0 Å². The molecule has 4 heteroatoms. The minimum Gasteiger partial charge on any atom is -0.398 e. The van der Waals surface area contributed by atoms with Crippen molar-refractivity contribution in [3.05, 3.63) is 28.8 Å². The zero-order valence-electron chi connectivity index (χ0n) is 11.8. The monoisotopic (exact) mass is 281 g/mol. The van der Waals surface area contributed by atoms with Crippen molar-refractivity contribution in [3.8, 4) is 0 Å². The molecule has 104 valence electrons. The molecule has 0 radical (unpaired) electrons. The van der Waals surface area contributed by atoms with Crippen LogP contribution >= 0.6 is 11.6 Å². The molecule has 1 atom stereocenters. The Morgan fingerprint density at radius 1 is 1.37 bits per heavy atom. The van der Waals surface area contributed by atoms with E-state index in [9.17, 15) is 4.79 Å². The zero-order valence-corrected chi connectivity index (χ0v) is 12.5. The fourth-order valence-electron chi connectivity index (χ4n) is 2.87. The van der Waals surface area contributed by atoms with E-state index in [4.69, 9.17) is 22.1 Å². The van der Waals surface area contributed by atoms with Crippen LogP contribution in [0.3, 0.4) is 0 Å². The molecule has 2 rings (SSSR count). The molecule has 0 aromatic heterocycles. The number of carbonyl (C=O) groups excluding carboxylic acids is 1. The number of carbonyl (C=O) groups is 1. The van der Waals surface area contributed by atoms with E-state index in [1.165, 1.54) is 0 Å². The second-order valence-electron chi connectivity index (χ2n) is 6.32. The Hall–Kier alpha value is -1.06. The Morgan fingerprint density at radius 3 is 2.47 bits per heavy atom. The van der Waals surface area contributed by atoms with E-state index in [0.29, 0.717) is 22.7 Å². The average Bonchev–Trinajstić information content (AvgIpc) is 2.49. The summed E-state index contributed by atoms with van der Waals surface area (Å²) in [6.07, 6.45) is 0.710. The number of rotatable bonds is 2. The van der Waals surface area contributed by atoms with Gasteiger partial charge in [0.2, 0.25) is 0 Å². The van der Waals surface area contributed by atoms with Crippen LogP contribution in [0.1, 0.15) is 44.5 Å². The second kappa shape index (κ2) is 4.50. The molecule has 1 saturated heterocycles. The normalized spacial score (nSPS) is 24.4. The topological polar surface area (TPSA) is 52.3 Å². The second-order valence-corrected chi connectivity index (χ2v) is 6.73. The zero-order chi connectivity index (χ0) is 14.4. The molecule has 1 unspecified atom stereocenters. The van der Waals surface area contributed by atoms with Gasteiger partial charge in [0.15, 0.2) is 5.78 Å². The van der Waals surface area contributed by atoms with Crippen molar-refractivity contribution >= 4 is 23.1 Å². The standard InChI is InChI=1S/C15H20ClNO2/c1-14(2)8-10(15(3,4)19-14)13(18)9-5-6-11(16)12(17)7-9/h5-7,10H,8,17H2,1-4H3. The Morgan fingerprint density at radius 2 is 2.00 bits per heavy atom. The summed E-state index contributed by atoms with van der Waals surface area (Å²) in [5, 5.41) is 0.471. The summed E-state index contributed by atoms with van der Waals surface area (Å²) in [6, 6.07) is 5.03. The van der Waals surface area contributed by atoms with Crippen molar-refractivity contribution < 1.29 is 9.53 Å². The molecule has 1 fully saturated rings. The largest absolute Gasteiger partial charge is 0.398 e. The number of ether oxygens (including phenoxy) is 1. The Bertz CT molecular complexity index is 523. The fraction of sp³-hybridized carbons (Fsp3) is 0.533. The van der Waals surface area contributed by atoms with Gasteiger partial charge in [-0.15, -0.1) is 0 Å². The first-order valence-corrected chi connectivity index (χ1v) is 6.80. The van der Waals surface area contributed by atoms with Crippen molar-refractivity contribution in [2.24, 2.45) is 5.92 Å². The lowest BCUT2D eigenvalue weighted by atomic mass is 9.81. The Kier molecular flexibility index (Phi) is 3.40. The van der Waals surface area contributed by atoms with Gasteiger partial charge in [0, 0.05) is 5.56 Å². The highest BCUT2D eigenvalue weighted by Gasteiger charge is 2.49.